The third-order valence-electron chi connectivity index (χ3n) is 3.03. The summed E-state index contributed by atoms with van der Waals surface area (Å²) in [6, 6.07) is 14.4. The van der Waals surface area contributed by atoms with Crippen molar-refractivity contribution in [2.24, 2.45) is 0 Å². The van der Waals surface area contributed by atoms with Gasteiger partial charge < -0.3 is 10.1 Å². The van der Waals surface area contributed by atoms with E-state index < -0.39 is 5.97 Å². The molecule has 0 radical (unpaired) electrons. The van der Waals surface area contributed by atoms with Crippen LogP contribution in [0.15, 0.2) is 54.6 Å². The van der Waals surface area contributed by atoms with E-state index in [1.165, 1.54) is 12.2 Å². The molecular formula is C18H15Cl2NO3. The second-order valence-electron chi connectivity index (χ2n) is 4.88. The fourth-order valence-corrected chi connectivity index (χ4v) is 2.12. The summed E-state index contributed by atoms with van der Waals surface area (Å²) in [7, 11) is 0. The molecule has 0 bridgehead atoms. The maximum absolute atomic E-state index is 11.6. The molecule has 2 aromatic carbocycles. The molecule has 6 heteroatoms. The maximum Gasteiger partial charge on any atom is 0.331 e. The molecule has 4 nitrogen and oxygen atoms in total. The van der Waals surface area contributed by atoms with Gasteiger partial charge in [0, 0.05) is 12.6 Å². The first-order chi connectivity index (χ1) is 11.5. The molecule has 2 aromatic rings. The Morgan fingerprint density at radius 3 is 2.50 bits per heavy atom. The zero-order valence-corrected chi connectivity index (χ0v) is 14.2. The van der Waals surface area contributed by atoms with Gasteiger partial charge in [0.05, 0.1) is 10.0 Å². The number of rotatable bonds is 6. The highest BCUT2D eigenvalue weighted by Gasteiger charge is 2.05. The van der Waals surface area contributed by atoms with Crippen LogP contribution >= 0.6 is 23.2 Å². The van der Waals surface area contributed by atoms with Crippen molar-refractivity contribution in [3.63, 3.8) is 0 Å². The first-order valence-corrected chi connectivity index (χ1v) is 7.91. The largest absolute Gasteiger partial charge is 0.452 e. The molecule has 24 heavy (non-hydrogen) atoms. The van der Waals surface area contributed by atoms with Crippen LogP contribution in [0.25, 0.3) is 6.08 Å². The van der Waals surface area contributed by atoms with Gasteiger partial charge in [-0.15, -0.1) is 0 Å². The van der Waals surface area contributed by atoms with Crippen molar-refractivity contribution < 1.29 is 14.3 Å². The fourth-order valence-electron chi connectivity index (χ4n) is 1.81. The predicted octanol–water partition coefficient (Wildman–Crippen LogP) is 3.87. The Morgan fingerprint density at radius 2 is 1.79 bits per heavy atom. The third-order valence-corrected chi connectivity index (χ3v) is 3.77. The van der Waals surface area contributed by atoms with E-state index in [1.54, 1.807) is 18.2 Å². The van der Waals surface area contributed by atoms with Crippen LogP contribution in [0.4, 0.5) is 0 Å². The van der Waals surface area contributed by atoms with Crippen molar-refractivity contribution in [3.8, 4) is 0 Å². The van der Waals surface area contributed by atoms with Crippen molar-refractivity contribution in [1.29, 1.82) is 0 Å². The normalized spacial score (nSPS) is 10.6. The minimum absolute atomic E-state index is 0.336. The Hall–Kier alpha value is -2.30. The van der Waals surface area contributed by atoms with Gasteiger partial charge in [-0.3, -0.25) is 4.79 Å². The standard InChI is InChI=1S/C18H15Cl2NO3/c19-15-8-6-13(10-16(15)20)7-9-18(23)24-12-17(22)21-11-14-4-2-1-3-5-14/h1-10H,11-12H2,(H,21,22). The van der Waals surface area contributed by atoms with Gasteiger partial charge in [0.2, 0.25) is 0 Å². The summed E-state index contributed by atoms with van der Waals surface area (Å²) in [5, 5.41) is 3.50. The Balaban J connectivity index is 1.75. The highest BCUT2D eigenvalue weighted by molar-refractivity contribution is 6.42. The lowest BCUT2D eigenvalue weighted by molar-refractivity contribution is -0.143. The number of amides is 1. The molecule has 0 saturated heterocycles. The highest BCUT2D eigenvalue weighted by Crippen LogP contribution is 2.23. The number of benzene rings is 2. The van der Waals surface area contributed by atoms with E-state index in [0.717, 1.165) is 5.56 Å². The molecule has 1 amide bonds. The van der Waals surface area contributed by atoms with Gasteiger partial charge in [0.25, 0.3) is 5.91 Å². The van der Waals surface area contributed by atoms with E-state index in [1.807, 2.05) is 30.3 Å². The fraction of sp³-hybridized carbons (Fsp3) is 0.111. The Morgan fingerprint density at radius 1 is 1.04 bits per heavy atom. The molecule has 124 valence electrons. The first kappa shape index (κ1) is 18.0. The topological polar surface area (TPSA) is 55.4 Å². The summed E-state index contributed by atoms with van der Waals surface area (Å²) in [6.07, 6.45) is 2.76. The van der Waals surface area contributed by atoms with Crippen molar-refractivity contribution >= 4 is 41.2 Å². The molecule has 0 aliphatic heterocycles. The second-order valence-corrected chi connectivity index (χ2v) is 5.69. The van der Waals surface area contributed by atoms with Crippen LogP contribution in [0.5, 0.6) is 0 Å². The molecule has 0 unspecified atom stereocenters. The van der Waals surface area contributed by atoms with Gasteiger partial charge in [-0.2, -0.15) is 0 Å². The molecule has 2 rings (SSSR count). The molecule has 0 aliphatic carbocycles. The van der Waals surface area contributed by atoms with E-state index >= 15 is 0 Å². The van der Waals surface area contributed by atoms with Crippen molar-refractivity contribution in [3.05, 3.63) is 75.8 Å². The van der Waals surface area contributed by atoms with Gasteiger partial charge in [0.15, 0.2) is 6.61 Å². The summed E-state index contributed by atoms with van der Waals surface area (Å²) in [5.41, 5.74) is 1.67. The molecule has 0 aliphatic rings. The molecular weight excluding hydrogens is 349 g/mol. The summed E-state index contributed by atoms with van der Waals surface area (Å²) in [5.74, 6) is -0.980. The number of ether oxygens (including phenoxy) is 1. The average molecular weight is 364 g/mol. The zero-order valence-electron chi connectivity index (χ0n) is 12.7. The SMILES string of the molecule is O=C(COC(=O)C=Cc1ccc(Cl)c(Cl)c1)NCc1ccccc1. The molecule has 0 atom stereocenters. The molecule has 0 aromatic heterocycles. The van der Waals surface area contributed by atoms with Crippen LogP contribution in [-0.4, -0.2) is 18.5 Å². The lowest BCUT2D eigenvalue weighted by Crippen LogP contribution is -2.28. The van der Waals surface area contributed by atoms with Crippen LogP contribution in [0.1, 0.15) is 11.1 Å². The molecule has 0 spiro atoms. The van der Waals surface area contributed by atoms with E-state index in [9.17, 15) is 9.59 Å². The predicted molar refractivity (Wildman–Crippen MR) is 94.7 cm³/mol. The first-order valence-electron chi connectivity index (χ1n) is 7.15. The average Bonchev–Trinajstić information content (AvgIpc) is 2.60. The quantitative estimate of drug-likeness (QED) is 0.626. The summed E-state index contributed by atoms with van der Waals surface area (Å²) < 4.78 is 4.87. The lowest BCUT2D eigenvalue weighted by atomic mass is 10.2. The van der Waals surface area contributed by atoms with Gasteiger partial charge in [-0.25, -0.2) is 4.79 Å². The van der Waals surface area contributed by atoms with Crippen LogP contribution in [-0.2, 0) is 20.9 Å². The van der Waals surface area contributed by atoms with E-state index in [4.69, 9.17) is 27.9 Å². The summed E-state index contributed by atoms with van der Waals surface area (Å²) >= 11 is 11.7. The molecule has 0 fully saturated rings. The van der Waals surface area contributed by atoms with Crippen molar-refractivity contribution in [1.82, 2.24) is 5.32 Å². The zero-order chi connectivity index (χ0) is 17.4. The van der Waals surface area contributed by atoms with Crippen LogP contribution < -0.4 is 5.32 Å². The van der Waals surface area contributed by atoms with Crippen molar-refractivity contribution in [2.45, 2.75) is 6.54 Å². The summed E-state index contributed by atoms with van der Waals surface area (Å²) in [4.78, 5) is 23.2. The van der Waals surface area contributed by atoms with E-state index in [-0.39, 0.29) is 12.5 Å². The molecule has 0 heterocycles. The maximum atomic E-state index is 11.6. The Labute approximate surface area is 150 Å². The van der Waals surface area contributed by atoms with E-state index in [0.29, 0.717) is 22.2 Å². The minimum Gasteiger partial charge on any atom is -0.452 e. The van der Waals surface area contributed by atoms with Gasteiger partial charge in [-0.05, 0) is 29.3 Å². The Bertz CT molecular complexity index is 745. The number of halogens is 2. The van der Waals surface area contributed by atoms with E-state index in [2.05, 4.69) is 5.32 Å². The number of esters is 1. The van der Waals surface area contributed by atoms with Crippen LogP contribution in [0.2, 0.25) is 10.0 Å². The number of carbonyl (C=O) groups excluding carboxylic acids is 2. The highest BCUT2D eigenvalue weighted by atomic mass is 35.5. The Kier molecular flexibility index (Phi) is 6.85. The molecule has 1 N–H and O–H groups in total. The number of nitrogens with one attached hydrogen (secondary N) is 1. The smallest absolute Gasteiger partial charge is 0.331 e. The van der Waals surface area contributed by atoms with Gasteiger partial charge in [0.1, 0.15) is 0 Å². The number of carbonyl (C=O) groups is 2. The third kappa shape index (κ3) is 6.07. The monoisotopic (exact) mass is 363 g/mol. The van der Waals surface area contributed by atoms with Gasteiger partial charge >= 0.3 is 5.97 Å². The molecule has 0 saturated carbocycles. The van der Waals surface area contributed by atoms with Crippen LogP contribution in [0.3, 0.4) is 0 Å². The summed E-state index contributed by atoms with van der Waals surface area (Å²) in [6.45, 7) is 0.0493. The lowest BCUT2D eigenvalue weighted by Gasteiger charge is -2.05. The van der Waals surface area contributed by atoms with Gasteiger partial charge in [-0.1, -0.05) is 59.6 Å². The van der Waals surface area contributed by atoms with Crippen LogP contribution in [0, 0.1) is 0 Å². The second kappa shape index (κ2) is 9.11. The number of hydrogen-bond donors (Lipinski definition) is 1. The number of hydrogen-bond acceptors (Lipinski definition) is 3. The minimum atomic E-state index is -0.615. The van der Waals surface area contributed by atoms with Crippen molar-refractivity contribution in [2.75, 3.05) is 6.61 Å².